The molecule has 2 aromatic rings. The highest BCUT2D eigenvalue weighted by Crippen LogP contribution is 2.19. The largest absolute Gasteiger partial charge is 0.391 e. The molecule has 1 atom stereocenters. The van der Waals surface area contributed by atoms with Gasteiger partial charge in [0, 0.05) is 29.2 Å². The van der Waals surface area contributed by atoms with Crippen LogP contribution in [0, 0.1) is 5.41 Å². The zero-order valence-corrected chi connectivity index (χ0v) is 11.5. The number of aliphatic hydroxyl groups excluding tert-OH is 1. The Hall–Kier alpha value is -1.81. The Bertz CT molecular complexity index is 581. The number of carbonyl (C=O) groups is 1. The van der Waals surface area contributed by atoms with Gasteiger partial charge in [-0.25, -0.2) is 0 Å². The fraction of sp³-hybridized carbons (Fsp3) is 0.400. The summed E-state index contributed by atoms with van der Waals surface area (Å²) in [4.78, 5) is 15.2. The van der Waals surface area contributed by atoms with E-state index in [2.05, 4.69) is 10.3 Å². The highest BCUT2D eigenvalue weighted by molar-refractivity contribution is 6.06. The van der Waals surface area contributed by atoms with Crippen molar-refractivity contribution in [1.82, 2.24) is 10.3 Å². The molecule has 0 saturated carbocycles. The summed E-state index contributed by atoms with van der Waals surface area (Å²) in [6.07, 6.45) is 1.24. The van der Waals surface area contributed by atoms with Crippen LogP contribution in [0.3, 0.4) is 0 Å². The Morgan fingerprint density at radius 2 is 2.11 bits per heavy atom. The van der Waals surface area contributed by atoms with Crippen LogP contribution >= 0.6 is 0 Å². The molecule has 102 valence electrons. The van der Waals surface area contributed by atoms with Crippen LogP contribution in [0.25, 0.3) is 10.9 Å². The first-order valence-corrected chi connectivity index (χ1v) is 6.42. The molecular weight excluding hydrogens is 240 g/mol. The topological polar surface area (TPSA) is 65.1 Å². The van der Waals surface area contributed by atoms with E-state index in [0.29, 0.717) is 5.56 Å². The first kappa shape index (κ1) is 13.6. The van der Waals surface area contributed by atoms with Gasteiger partial charge in [0.1, 0.15) is 0 Å². The van der Waals surface area contributed by atoms with E-state index in [1.165, 1.54) is 0 Å². The maximum atomic E-state index is 12.2. The van der Waals surface area contributed by atoms with Gasteiger partial charge in [0.25, 0.3) is 5.91 Å². The molecule has 4 nitrogen and oxygen atoms in total. The molecule has 0 spiro atoms. The average molecular weight is 260 g/mol. The standard InChI is InChI=1S/C15H20N2O2/c1-15(2,3)13(18)9-17-14(19)11-5-4-6-12-10(11)7-8-16-12/h4-8,13,16,18H,9H2,1-3H3,(H,17,19). The fourth-order valence-electron chi connectivity index (χ4n) is 1.87. The molecule has 19 heavy (non-hydrogen) atoms. The lowest BCUT2D eigenvalue weighted by Crippen LogP contribution is -2.39. The second kappa shape index (κ2) is 5.05. The quantitative estimate of drug-likeness (QED) is 0.793. The fourth-order valence-corrected chi connectivity index (χ4v) is 1.87. The lowest BCUT2D eigenvalue weighted by Gasteiger charge is -2.25. The Kier molecular flexibility index (Phi) is 3.62. The summed E-state index contributed by atoms with van der Waals surface area (Å²) in [7, 11) is 0. The molecule has 0 bridgehead atoms. The smallest absolute Gasteiger partial charge is 0.252 e. The second-order valence-corrected chi connectivity index (χ2v) is 5.84. The molecule has 1 unspecified atom stereocenters. The van der Waals surface area contributed by atoms with Gasteiger partial charge >= 0.3 is 0 Å². The molecule has 0 fully saturated rings. The number of hydrogen-bond acceptors (Lipinski definition) is 2. The van der Waals surface area contributed by atoms with E-state index in [9.17, 15) is 9.90 Å². The molecule has 0 aliphatic carbocycles. The first-order valence-electron chi connectivity index (χ1n) is 6.42. The highest BCUT2D eigenvalue weighted by atomic mass is 16.3. The van der Waals surface area contributed by atoms with Gasteiger partial charge in [-0.05, 0) is 23.6 Å². The summed E-state index contributed by atoms with van der Waals surface area (Å²) in [6.45, 7) is 6.08. The van der Waals surface area contributed by atoms with Crippen molar-refractivity contribution < 1.29 is 9.90 Å². The van der Waals surface area contributed by atoms with E-state index in [1.807, 2.05) is 45.2 Å². The third kappa shape index (κ3) is 2.96. The van der Waals surface area contributed by atoms with Crippen LogP contribution < -0.4 is 5.32 Å². The van der Waals surface area contributed by atoms with Crippen molar-refractivity contribution in [3.05, 3.63) is 36.0 Å². The maximum Gasteiger partial charge on any atom is 0.252 e. The summed E-state index contributed by atoms with van der Waals surface area (Å²) < 4.78 is 0. The van der Waals surface area contributed by atoms with Crippen LogP contribution in [0.2, 0.25) is 0 Å². The van der Waals surface area contributed by atoms with E-state index in [1.54, 1.807) is 6.07 Å². The van der Waals surface area contributed by atoms with Gasteiger partial charge in [-0.3, -0.25) is 4.79 Å². The summed E-state index contributed by atoms with van der Waals surface area (Å²) in [6, 6.07) is 7.43. The molecule has 2 rings (SSSR count). The normalized spacial score (nSPS) is 13.5. The highest BCUT2D eigenvalue weighted by Gasteiger charge is 2.22. The molecule has 4 heteroatoms. The van der Waals surface area contributed by atoms with Gasteiger partial charge in [0.15, 0.2) is 0 Å². The third-order valence-electron chi connectivity index (χ3n) is 3.30. The van der Waals surface area contributed by atoms with Crippen molar-refractivity contribution >= 4 is 16.8 Å². The number of H-pyrrole nitrogens is 1. The van der Waals surface area contributed by atoms with E-state index in [-0.39, 0.29) is 17.9 Å². The van der Waals surface area contributed by atoms with Crippen molar-refractivity contribution in [3.8, 4) is 0 Å². The molecule has 1 heterocycles. The summed E-state index contributed by atoms with van der Waals surface area (Å²) >= 11 is 0. The molecule has 0 radical (unpaired) electrons. The maximum absolute atomic E-state index is 12.2. The van der Waals surface area contributed by atoms with Crippen molar-refractivity contribution in [2.24, 2.45) is 5.41 Å². The SMILES string of the molecule is CC(C)(C)C(O)CNC(=O)c1cccc2[nH]ccc12. The lowest BCUT2D eigenvalue weighted by atomic mass is 9.89. The van der Waals surface area contributed by atoms with Gasteiger partial charge in [-0.2, -0.15) is 0 Å². The van der Waals surface area contributed by atoms with Crippen LogP contribution in [-0.4, -0.2) is 28.6 Å². The van der Waals surface area contributed by atoms with E-state index in [4.69, 9.17) is 0 Å². The van der Waals surface area contributed by atoms with E-state index >= 15 is 0 Å². The average Bonchev–Trinajstić information content (AvgIpc) is 2.82. The number of nitrogens with one attached hydrogen (secondary N) is 2. The number of amides is 1. The molecule has 1 aromatic carbocycles. The summed E-state index contributed by atoms with van der Waals surface area (Å²) in [5.41, 5.74) is 1.32. The number of aliphatic hydroxyl groups is 1. The zero-order valence-electron chi connectivity index (χ0n) is 11.5. The van der Waals surface area contributed by atoms with Gasteiger partial charge in [0.2, 0.25) is 0 Å². The van der Waals surface area contributed by atoms with E-state index in [0.717, 1.165) is 10.9 Å². The lowest BCUT2D eigenvalue weighted by molar-refractivity contribution is 0.0587. The minimum absolute atomic E-state index is 0.159. The zero-order chi connectivity index (χ0) is 14.0. The molecule has 1 amide bonds. The number of aromatic nitrogens is 1. The number of rotatable bonds is 3. The van der Waals surface area contributed by atoms with Gasteiger partial charge in [-0.1, -0.05) is 26.8 Å². The van der Waals surface area contributed by atoms with Crippen molar-refractivity contribution in [2.45, 2.75) is 26.9 Å². The second-order valence-electron chi connectivity index (χ2n) is 5.84. The number of carbonyl (C=O) groups excluding carboxylic acids is 1. The molecule has 3 N–H and O–H groups in total. The Morgan fingerprint density at radius 3 is 2.79 bits per heavy atom. The Morgan fingerprint density at radius 1 is 1.37 bits per heavy atom. The van der Waals surface area contributed by atoms with Crippen molar-refractivity contribution in [2.75, 3.05) is 6.54 Å². The number of hydrogen-bond donors (Lipinski definition) is 3. The molecule has 0 aliphatic heterocycles. The number of benzene rings is 1. The molecule has 0 saturated heterocycles. The Balaban J connectivity index is 2.11. The van der Waals surface area contributed by atoms with Crippen molar-refractivity contribution in [1.29, 1.82) is 0 Å². The predicted molar refractivity (Wildman–Crippen MR) is 76.1 cm³/mol. The summed E-state index contributed by atoms with van der Waals surface area (Å²) in [5.74, 6) is -0.159. The van der Waals surface area contributed by atoms with Crippen LogP contribution in [0.15, 0.2) is 30.5 Å². The van der Waals surface area contributed by atoms with Crippen molar-refractivity contribution in [3.63, 3.8) is 0 Å². The molecule has 0 aliphatic rings. The van der Waals surface area contributed by atoms with E-state index < -0.39 is 6.10 Å². The van der Waals surface area contributed by atoms with Gasteiger partial charge in [0.05, 0.1) is 6.10 Å². The van der Waals surface area contributed by atoms with Crippen LogP contribution in [0.4, 0.5) is 0 Å². The van der Waals surface area contributed by atoms with Gasteiger partial charge < -0.3 is 15.4 Å². The van der Waals surface area contributed by atoms with Crippen LogP contribution in [0.1, 0.15) is 31.1 Å². The van der Waals surface area contributed by atoms with Crippen LogP contribution in [-0.2, 0) is 0 Å². The summed E-state index contributed by atoms with van der Waals surface area (Å²) in [5, 5.41) is 13.6. The van der Waals surface area contributed by atoms with Crippen LogP contribution in [0.5, 0.6) is 0 Å². The predicted octanol–water partition coefficient (Wildman–Crippen LogP) is 2.30. The Labute approximate surface area is 112 Å². The minimum atomic E-state index is -0.568. The molecular formula is C15H20N2O2. The number of aromatic amines is 1. The third-order valence-corrected chi connectivity index (χ3v) is 3.30. The minimum Gasteiger partial charge on any atom is -0.391 e. The first-order chi connectivity index (χ1) is 8.89. The molecule has 1 aromatic heterocycles. The monoisotopic (exact) mass is 260 g/mol. The number of fused-ring (bicyclic) bond motifs is 1. The van der Waals surface area contributed by atoms with Gasteiger partial charge in [-0.15, -0.1) is 0 Å².